The van der Waals surface area contributed by atoms with Crippen molar-refractivity contribution in [3.63, 3.8) is 0 Å². The molecule has 1 atom stereocenters. The van der Waals surface area contributed by atoms with E-state index in [0.717, 1.165) is 5.69 Å². The number of nitrogens with one attached hydrogen (secondary N) is 1. The fourth-order valence-electron chi connectivity index (χ4n) is 1.15. The molecular weight excluding hydrogens is 251 g/mol. The molecule has 1 aromatic carbocycles. The first-order valence-corrected chi connectivity index (χ1v) is 5.41. The highest BCUT2D eigenvalue weighted by Crippen LogP contribution is 2.24. The average molecular weight is 263 g/mol. The van der Waals surface area contributed by atoms with Crippen molar-refractivity contribution >= 4 is 34.9 Å². The molecule has 88 valence electrons. The second-order valence-corrected chi connectivity index (χ2v) is 4.18. The standard InChI is InChI=1S/C10H12Cl2N2O2/c11-8-2-1-7(4-9(8)12)14-5-6(13)3-10(15)16/h1-2,4,6,14H,3,5,13H2,(H,15,16). The van der Waals surface area contributed by atoms with Gasteiger partial charge in [0.1, 0.15) is 0 Å². The van der Waals surface area contributed by atoms with Crippen LogP contribution >= 0.6 is 23.2 Å². The monoisotopic (exact) mass is 262 g/mol. The molecule has 0 fully saturated rings. The summed E-state index contributed by atoms with van der Waals surface area (Å²) in [6.07, 6.45) is -0.0751. The van der Waals surface area contributed by atoms with E-state index < -0.39 is 12.0 Å². The van der Waals surface area contributed by atoms with Crippen molar-refractivity contribution in [2.75, 3.05) is 11.9 Å². The summed E-state index contributed by atoms with van der Waals surface area (Å²) in [6, 6.07) is 4.64. The lowest BCUT2D eigenvalue weighted by atomic mass is 10.2. The molecule has 0 radical (unpaired) electrons. The highest BCUT2D eigenvalue weighted by atomic mass is 35.5. The molecule has 4 nitrogen and oxygen atoms in total. The molecule has 0 aliphatic rings. The molecule has 0 saturated heterocycles. The van der Waals surface area contributed by atoms with Gasteiger partial charge in [-0.3, -0.25) is 4.79 Å². The predicted molar refractivity (Wildman–Crippen MR) is 65.2 cm³/mol. The number of benzene rings is 1. The third-order valence-electron chi connectivity index (χ3n) is 1.92. The summed E-state index contributed by atoms with van der Waals surface area (Å²) in [7, 11) is 0. The Morgan fingerprint density at radius 1 is 1.44 bits per heavy atom. The third kappa shape index (κ3) is 4.26. The van der Waals surface area contributed by atoms with Gasteiger partial charge in [-0.25, -0.2) is 0 Å². The van der Waals surface area contributed by atoms with Gasteiger partial charge in [0.05, 0.1) is 16.5 Å². The van der Waals surface area contributed by atoms with Crippen molar-refractivity contribution in [3.05, 3.63) is 28.2 Å². The summed E-state index contributed by atoms with van der Waals surface area (Å²) in [5.74, 6) is -0.913. The largest absolute Gasteiger partial charge is 0.481 e. The van der Waals surface area contributed by atoms with Gasteiger partial charge in [-0.1, -0.05) is 23.2 Å². The van der Waals surface area contributed by atoms with Gasteiger partial charge in [0.25, 0.3) is 0 Å². The van der Waals surface area contributed by atoms with E-state index in [0.29, 0.717) is 16.6 Å². The highest BCUT2D eigenvalue weighted by Gasteiger charge is 2.07. The number of anilines is 1. The summed E-state index contributed by atoms with van der Waals surface area (Å²) in [5.41, 5.74) is 6.35. The van der Waals surface area contributed by atoms with E-state index >= 15 is 0 Å². The van der Waals surface area contributed by atoms with Crippen LogP contribution in [0.4, 0.5) is 5.69 Å². The molecule has 1 aromatic rings. The van der Waals surface area contributed by atoms with E-state index in [1.807, 2.05) is 0 Å². The van der Waals surface area contributed by atoms with Crippen LogP contribution in [-0.2, 0) is 4.79 Å². The van der Waals surface area contributed by atoms with Crippen molar-refractivity contribution in [2.45, 2.75) is 12.5 Å². The summed E-state index contributed by atoms with van der Waals surface area (Å²) >= 11 is 11.6. The molecule has 0 aliphatic heterocycles. The zero-order chi connectivity index (χ0) is 12.1. The van der Waals surface area contributed by atoms with E-state index in [1.54, 1.807) is 18.2 Å². The summed E-state index contributed by atoms with van der Waals surface area (Å²) in [4.78, 5) is 10.4. The third-order valence-corrected chi connectivity index (χ3v) is 2.66. The minimum absolute atomic E-state index is 0.0751. The molecule has 6 heteroatoms. The lowest BCUT2D eigenvalue weighted by Crippen LogP contribution is -2.31. The lowest BCUT2D eigenvalue weighted by Gasteiger charge is -2.12. The van der Waals surface area contributed by atoms with Crippen molar-refractivity contribution in [3.8, 4) is 0 Å². The highest BCUT2D eigenvalue weighted by molar-refractivity contribution is 6.42. The van der Waals surface area contributed by atoms with Crippen molar-refractivity contribution in [1.82, 2.24) is 0 Å². The van der Waals surface area contributed by atoms with Crippen molar-refractivity contribution in [1.29, 1.82) is 0 Å². The zero-order valence-corrected chi connectivity index (χ0v) is 9.92. The smallest absolute Gasteiger partial charge is 0.304 e. The molecule has 0 aromatic heterocycles. The van der Waals surface area contributed by atoms with Gasteiger partial charge < -0.3 is 16.2 Å². The maximum atomic E-state index is 10.4. The lowest BCUT2D eigenvalue weighted by molar-refractivity contribution is -0.137. The van der Waals surface area contributed by atoms with Crippen LogP contribution in [0.15, 0.2) is 18.2 Å². The van der Waals surface area contributed by atoms with E-state index in [2.05, 4.69) is 5.32 Å². The van der Waals surface area contributed by atoms with Gasteiger partial charge >= 0.3 is 5.97 Å². The Bertz CT molecular complexity index is 385. The summed E-state index contributed by atoms with van der Waals surface area (Å²) < 4.78 is 0. The molecule has 1 unspecified atom stereocenters. The van der Waals surface area contributed by atoms with Crippen molar-refractivity contribution < 1.29 is 9.90 Å². The predicted octanol–water partition coefficient (Wildman–Crippen LogP) is 2.21. The number of carboxylic acid groups (broad SMARTS) is 1. The molecule has 0 heterocycles. The van der Waals surface area contributed by atoms with Crippen LogP contribution in [0, 0.1) is 0 Å². The number of carboxylic acids is 1. The molecule has 0 amide bonds. The Balaban J connectivity index is 2.48. The molecule has 1 rings (SSSR count). The fourth-order valence-corrected chi connectivity index (χ4v) is 1.45. The first-order valence-electron chi connectivity index (χ1n) is 4.65. The Hall–Kier alpha value is -0.970. The quantitative estimate of drug-likeness (QED) is 0.761. The molecule has 0 saturated carbocycles. The van der Waals surface area contributed by atoms with E-state index in [-0.39, 0.29) is 6.42 Å². The maximum Gasteiger partial charge on any atom is 0.304 e. The molecular formula is C10H12Cl2N2O2. The topological polar surface area (TPSA) is 75.3 Å². The Kier molecular flexibility index (Phi) is 4.86. The summed E-state index contributed by atoms with van der Waals surface area (Å²) in [5, 5.41) is 12.4. The number of carbonyl (C=O) groups is 1. The number of nitrogens with two attached hydrogens (primary N) is 1. The molecule has 0 aliphatic carbocycles. The minimum atomic E-state index is -0.913. The second kappa shape index (κ2) is 5.94. The first-order chi connectivity index (χ1) is 7.49. The molecule has 0 spiro atoms. The number of hydrogen-bond donors (Lipinski definition) is 3. The zero-order valence-electron chi connectivity index (χ0n) is 8.41. The normalized spacial score (nSPS) is 12.2. The van der Waals surface area contributed by atoms with Crippen LogP contribution in [0.3, 0.4) is 0 Å². The van der Waals surface area contributed by atoms with E-state index in [1.165, 1.54) is 0 Å². The average Bonchev–Trinajstić information content (AvgIpc) is 2.19. The fraction of sp³-hybridized carbons (Fsp3) is 0.300. The summed E-state index contributed by atoms with van der Waals surface area (Å²) in [6.45, 7) is 0.365. The van der Waals surface area contributed by atoms with Crippen LogP contribution < -0.4 is 11.1 Å². The number of rotatable bonds is 5. The van der Waals surface area contributed by atoms with Gasteiger partial charge in [0, 0.05) is 18.3 Å². The Labute approximate surface area is 103 Å². The van der Waals surface area contributed by atoms with Gasteiger partial charge in [-0.05, 0) is 18.2 Å². The Morgan fingerprint density at radius 3 is 2.69 bits per heavy atom. The van der Waals surface area contributed by atoms with Gasteiger partial charge in [0.15, 0.2) is 0 Å². The molecule has 4 N–H and O–H groups in total. The van der Waals surface area contributed by atoms with Gasteiger partial charge in [-0.2, -0.15) is 0 Å². The van der Waals surface area contributed by atoms with Gasteiger partial charge in [0.2, 0.25) is 0 Å². The van der Waals surface area contributed by atoms with Crippen LogP contribution in [0.1, 0.15) is 6.42 Å². The Morgan fingerprint density at radius 2 is 2.12 bits per heavy atom. The number of halogens is 2. The molecule has 16 heavy (non-hydrogen) atoms. The minimum Gasteiger partial charge on any atom is -0.481 e. The SMILES string of the molecule is NC(CNc1ccc(Cl)c(Cl)c1)CC(=O)O. The number of hydrogen-bond acceptors (Lipinski definition) is 3. The second-order valence-electron chi connectivity index (χ2n) is 3.37. The number of aliphatic carboxylic acids is 1. The van der Waals surface area contributed by atoms with Crippen molar-refractivity contribution in [2.24, 2.45) is 5.73 Å². The molecule has 0 bridgehead atoms. The van der Waals surface area contributed by atoms with Crippen LogP contribution in [0.25, 0.3) is 0 Å². The van der Waals surface area contributed by atoms with Crippen LogP contribution in [-0.4, -0.2) is 23.7 Å². The van der Waals surface area contributed by atoms with Crippen LogP contribution in [0.5, 0.6) is 0 Å². The van der Waals surface area contributed by atoms with E-state index in [9.17, 15) is 4.79 Å². The van der Waals surface area contributed by atoms with Crippen LogP contribution in [0.2, 0.25) is 10.0 Å². The van der Waals surface area contributed by atoms with Gasteiger partial charge in [-0.15, -0.1) is 0 Å². The van der Waals surface area contributed by atoms with E-state index in [4.69, 9.17) is 34.0 Å². The maximum absolute atomic E-state index is 10.4. The first kappa shape index (κ1) is 13.1.